The molecule has 2 amide bonds. The van der Waals surface area contributed by atoms with Crippen LogP contribution in [0.1, 0.15) is 22.3 Å². The molecule has 1 heterocycles. The molecule has 0 spiro atoms. The molecule has 130 valence electrons. The lowest BCUT2D eigenvalue weighted by atomic mass is 9.97. The number of ether oxygens (including phenoxy) is 1. The average molecular weight is 338 g/mol. The van der Waals surface area contributed by atoms with Crippen LogP contribution in [0.25, 0.3) is 0 Å². The van der Waals surface area contributed by atoms with Gasteiger partial charge in [-0.2, -0.15) is 0 Å². The molecule has 0 bridgehead atoms. The van der Waals surface area contributed by atoms with E-state index in [9.17, 15) is 9.59 Å². The molecule has 0 radical (unpaired) electrons. The van der Waals surface area contributed by atoms with Crippen LogP contribution >= 0.6 is 0 Å². The highest BCUT2D eigenvalue weighted by atomic mass is 16.5. The molecule has 1 unspecified atom stereocenters. The lowest BCUT2D eigenvalue weighted by Gasteiger charge is -2.25. The first-order valence-corrected chi connectivity index (χ1v) is 8.53. The Balaban J connectivity index is 1.36. The highest BCUT2D eigenvalue weighted by molar-refractivity contribution is 5.94. The van der Waals surface area contributed by atoms with E-state index in [-0.39, 0.29) is 24.2 Å². The van der Waals surface area contributed by atoms with E-state index in [0.717, 1.165) is 12.2 Å². The standard InChI is InChI=1S/C20H22N2O3/c23-19(10-11-21-20(24)16-6-2-1-3-7-16)22-13-15-12-17-8-4-5-9-18(17)25-14-15/h1-9,15H,10-14H2,(H,21,24)(H,22,23). The highest BCUT2D eigenvalue weighted by Gasteiger charge is 2.19. The predicted molar refractivity (Wildman–Crippen MR) is 95.5 cm³/mol. The maximum atomic E-state index is 11.9. The van der Waals surface area contributed by atoms with Crippen molar-refractivity contribution in [3.63, 3.8) is 0 Å². The van der Waals surface area contributed by atoms with Gasteiger partial charge in [0.2, 0.25) is 5.91 Å². The molecule has 1 atom stereocenters. The quantitative estimate of drug-likeness (QED) is 0.848. The van der Waals surface area contributed by atoms with Crippen molar-refractivity contribution in [1.82, 2.24) is 10.6 Å². The van der Waals surface area contributed by atoms with Gasteiger partial charge < -0.3 is 15.4 Å². The Morgan fingerprint density at radius 3 is 2.60 bits per heavy atom. The van der Waals surface area contributed by atoms with E-state index in [0.29, 0.717) is 25.3 Å². The van der Waals surface area contributed by atoms with Crippen molar-refractivity contribution in [2.45, 2.75) is 12.8 Å². The van der Waals surface area contributed by atoms with E-state index in [4.69, 9.17) is 4.74 Å². The fraction of sp³-hybridized carbons (Fsp3) is 0.300. The molecule has 0 aromatic heterocycles. The van der Waals surface area contributed by atoms with E-state index < -0.39 is 0 Å². The third-order valence-electron chi connectivity index (χ3n) is 4.22. The molecule has 2 aromatic carbocycles. The molecule has 1 aliphatic rings. The second-order valence-corrected chi connectivity index (χ2v) is 6.16. The molecule has 0 saturated heterocycles. The summed E-state index contributed by atoms with van der Waals surface area (Å²) in [4.78, 5) is 23.8. The van der Waals surface area contributed by atoms with Gasteiger partial charge in [0.25, 0.3) is 5.91 Å². The second kappa shape index (κ2) is 8.33. The van der Waals surface area contributed by atoms with Gasteiger partial charge in [-0.1, -0.05) is 36.4 Å². The molecular formula is C20H22N2O3. The summed E-state index contributed by atoms with van der Waals surface area (Å²) in [5, 5.41) is 5.68. The number of rotatable bonds is 6. The number of hydrogen-bond acceptors (Lipinski definition) is 3. The highest BCUT2D eigenvalue weighted by Crippen LogP contribution is 2.26. The Hall–Kier alpha value is -2.82. The van der Waals surface area contributed by atoms with Crippen molar-refractivity contribution in [2.75, 3.05) is 19.7 Å². The molecule has 0 saturated carbocycles. The minimum Gasteiger partial charge on any atom is -0.493 e. The molecular weight excluding hydrogens is 316 g/mol. The zero-order valence-electron chi connectivity index (χ0n) is 14.0. The predicted octanol–water partition coefficient (Wildman–Crippen LogP) is 2.17. The van der Waals surface area contributed by atoms with E-state index in [1.807, 2.05) is 36.4 Å². The molecule has 3 rings (SSSR count). The van der Waals surface area contributed by atoms with Crippen molar-refractivity contribution in [2.24, 2.45) is 5.92 Å². The number of carbonyl (C=O) groups is 2. The Bertz CT molecular complexity index is 731. The zero-order valence-corrected chi connectivity index (χ0v) is 14.0. The minimum absolute atomic E-state index is 0.0628. The average Bonchev–Trinajstić information content (AvgIpc) is 2.67. The topological polar surface area (TPSA) is 67.4 Å². The van der Waals surface area contributed by atoms with Crippen LogP contribution in [-0.2, 0) is 11.2 Å². The van der Waals surface area contributed by atoms with E-state index in [1.54, 1.807) is 12.1 Å². The van der Waals surface area contributed by atoms with E-state index in [1.165, 1.54) is 5.56 Å². The molecule has 0 aliphatic carbocycles. The van der Waals surface area contributed by atoms with Gasteiger partial charge in [0.1, 0.15) is 5.75 Å². The van der Waals surface area contributed by atoms with Crippen molar-refractivity contribution < 1.29 is 14.3 Å². The van der Waals surface area contributed by atoms with E-state index in [2.05, 4.69) is 16.7 Å². The SMILES string of the molecule is O=C(CCNC(=O)c1ccccc1)NCC1COc2ccccc2C1. The third-order valence-corrected chi connectivity index (χ3v) is 4.22. The number of nitrogens with one attached hydrogen (secondary N) is 2. The van der Waals surface area contributed by atoms with Crippen molar-refractivity contribution in [3.8, 4) is 5.75 Å². The molecule has 0 fully saturated rings. The Kier molecular flexibility index (Phi) is 5.67. The zero-order chi connectivity index (χ0) is 17.5. The summed E-state index contributed by atoms with van der Waals surface area (Å²) in [6.45, 7) is 1.52. The molecule has 2 aromatic rings. The van der Waals surface area contributed by atoms with Crippen molar-refractivity contribution in [1.29, 1.82) is 0 Å². The number of carbonyl (C=O) groups excluding carboxylic acids is 2. The van der Waals surface area contributed by atoms with Crippen LogP contribution in [0.2, 0.25) is 0 Å². The molecule has 2 N–H and O–H groups in total. The van der Waals surface area contributed by atoms with Crippen LogP contribution in [0.5, 0.6) is 5.75 Å². The maximum absolute atomic E-state index is 11.9. The number of hydrogen-bond donors (Lipinski definition) is 2. The fourth-order valence-corrected chi connectivity index (χ4v) is 2.85. The summed E-state index contributed by atoms with van der Waals surface area (Å²) in [6, 6.07) is 17.0. The summed E-state index contributed by atoms with van der Waals surface area (Å²) in [7, 11) is 0. The van der Waals surface area contributed by atoms with Crippen molar-refractivity contribution >= 4 is 11.8 Å². The van der Waals surface area contributed by atoms with Crippen LogP contribution in [0, 0.1) is 5.92 Å². The van der Waals surface area contributed by atoms with Gasteiger partial charge in [0.15, 0.2) is 0 Å². The first-order chi connectivity index (χ1) is 12.2. The maximum Gasteiger partial charge on any atom is 0.251 e. The number of fused-ring (bicyclic) bond motifs is 1. The molecule has 5 heteroatoms. The Morgan fingerprint density at radius 1 is 1.00 bits per heavy atom. The first kappa shape index (κ1) is 17.0. The van der Waals surface area contributed by atoms with Gasteiger partial charge >= 0.3 is 0 Å². The Labute approximate surface area is 147 Å². The van der Waals surface area contributed by atoms with Gasteiger partial charge in [-0.05, 0) is 30.2 Å². The van der Waals surface area contributed by atoms with Crippen LogP contribution in [0.15, 0.2) is 54.6 Å². The summed E-state index contributed by atoms with van der Waals surface area (Å²) in [5.74, 6) is 0.990. The third kappa shape index (κ3) is 4.83. The fourth-order valence-electron chi connectivity index (χ4n) is 2.85. The monoisotopic (exact) mass is 338 g/mol. The summed E-state index contributed by atoms with van der Waals surface area (Å²) < 4.78 is 5.72. The van der Waals surface area contributed by atoms with Gasteiger partial charge in [-0.15, -0.1) is 0 Å². The van der Waals surface area contributed by atoms with Crippen LogP contribution in [0.4, 0.5) is 0 Å². The van der Waals surface area contributed by atoms with Crippen LogP contribution < -0.4 is 15.4 Å². The largest absolute Gasteiger partial charge is 0.493 e. The lowest BCUT2D eigenvalue weighted by molar-refractivity contribution is -0.121. The second-order valence-electron chi connectivity index (χ2n) is 6.16. The van der Waals surface area contributed by atoms with Gasteiger partial charge in [-0.3, -0.25) is 9.59 Å². The smallest absolute Gasteiger partial charge is 0.251 e. The van der Waals surface area contributed by atoms with Crippen LogP contribution in [0.3, 0.4) is 0 Å². The van der Waals surface area contributed by atoms with E-state index >= 15 is 0 Å². The van der Waals surface area contributed by atoms with Gasteiger partial charge in [-0.25, -0.2) is 0 Å². The Morgan fingerprint density at radius 2 is 1.76 bits per heavy atom. The molecule has 5 nitrogen and oxygen atoms in total. The van der Waals surface area contributed by atoms with Gasteiger partial charge in [0, 0.05) is 31.0 Å². The number of para-hydroxylation sites is 1. The summed E-state index contributed by atoms with van der Waals surface area (Å²) in [6.07, 6.45) is 1.17. The normalized spacial score (nSPS) is 15.6. The molecule has 1 aliphatic heterocycles. The van der Waals surface area contributed by atoms with Gasteiger partial charge in [0.05, 0.1) is 6.61 Å². The van der Waals surface area contributed by atoms with Crippen LogP contribution in [-0.4, -0.2) is 31.5 Å². The lowest BCUT2D eigenvalue weighted by Crippen LogP contribution is -2.36. The minimum atomic E-state index is -0.161. The summed E-state index contributed by atoms with van der Waals surface area (Å²) >= 11 is 0. The number of amides is 2. The summed E-state index contributed by atoms with van der Waals surface area (Å²) in [5.41, 5.74) is 1.78. The van der Waals surface area contributed by atoms with Crippen molar-refractivity contribution in [3.05, 3.63) is 65.7 Å². The molecule has 25 heavy (non-hydrogen) atoms. The number of benzene rings is 2. The first-order valence-electron chi connectivity index (χ1n) is 8.53.